The zero-order valence-electron chi connectivity index (χ0n) is 17.1. The molecule has 2 rings (SSSR count). The number of nitrogens with zero attached hydrogens (tertiary/aromatic N) is 1. The summed E-state index contributed by atoms with van der Waals surface area (Å²) in [5.74, 6) is -1.72. The summed E-state index contributed by atoms with van der Waals surface area (Å²) < 4.78 is 44.5. The van der Waals surface area contributed by atoms with Crippen LogP contribution >= 0.6 is 0 Å². The van der Waals surface area contributed by atoms with Crippen LogP contribution in [0.1, 0.15) is 42.7 Å². The number of halogens is 1. The summed E-state index contributed by atoms with van der Waals surface area (Å²) >= 11 is 0. The van der Waals surface area contributed by atoms with Gasteiger partial charge in [0.2, 0.25) is 10.0 Å². The molecule has 0 aliphatic carbocycles. The van der Waals surface area contributed by atoms with E-state index in [-0.39, 0.29) is 16.3 Å². The van der Waals surface area contributed by atoms with E-state index in [1.165, 1.54) is 40.7 Å². The molecule has 0 fully saturated rings. The van der Waals surface area contributed by atoms with Gasteiger partial charge in [-0.25, -0.2) is 17.6 Å². The highest BCUT2D eigenvalue weighted by Crippen LogP contribution is 2.17. The molecule has 162 valence electrons. The van der Waals surface area contributed by atoms with E-state index in [1.807, 2.05) is 0 Å². The first-order valence-corrected chi connectivity index (χ1v) is 10.9. The normalized spacial score (nSPS) is 12.4. The topological polar surface area (TPSA) is 92.8 Å². The first-order chi connectivity index (χ1) is 14.2. The molecule has 0 saturated carbocycles. The van der Waals surface area contributed by atoms with E-state index in [0.717, 1.165) is 0 Å². The van der Waals surface area contributed by atoms with E-state index in [2.05, 4.69) is 5.32 Å². The third kappa shape index (κ3) is 5.87. The van der Waals surface area contributed by atoms with Crippen LogP contribution in [-0.2, 0) is 19.6 Å². The third-order valence-corrected chi connectivity index (χ3v) is 6.54. The lowest BCUT2D eigenvalue weighted by Crippen LogP contribution is -2.31. The molecule has 2 aromatic rings. The molecule has 9 heteroatoms. The second-order valence-corrected chi connectivity index (χ2v) is 8.47. The van der Waals surface area contributed by atoms with Crippen LogP contribution in [0.25, 0.3) is 0 Å². The molecule has 0 saturated heterocycles. The molecule has 2 aromatic carbocycles. The maximum absolute atomic E-state index is 13.0. The molecule has 0 bridgehead atoms. The van der Waals surface area contributed by atoms with Crippen LogP contribution in [-0.4, -0.2) is 44.3 Å². The van der Waals surface area contributed by atoms with E-state index < -0.39 is 34.5 Å². The Balaban J connectivity index is 1.99. The van der Waals surface area contributed by atoms with Crippen molar-refractivity contribution in [2.45, 2.75) is 31.7 Å². The molecule has 0 radical (unpaired) electrons. The number of sulfonamides is 1. The second-order valence-electron chi connectivity index (χ2n) is 6.53. The quantitative estimate of drug-likeness (QED) is 0.610. The molecule has 0 heterocycles. The predicted octanol–water partition coefficient (Wildman–Crippen LogP) is 2.89. The van der Waals surface area contributed by atoms with Crippen molar-refractivity contribution in [2.24, 2.45) is 0 Å². The van der Waals surface area contributed by atoms with Crippen LogP contribution in [0, 0.1) is 5.82 Å². The van der Waals surface area contributed by atoms with Gasteiger partial charge < -0.3 is 10.1 Å². The smallest absolute Gasteiger partial charge is 0.338 e. The number of esters is 1. The standard InChI is InChI=1S/C21H25FN2O5S/c1-4-24(5-2)30(27,28)19-8-6-7-17(13-19)21(26)29-14-20(25)23-15(3)16-9-11-18(22)12-10-16/h6-13,15H,4-5,14H2,1-3H3,(H,23,25)/t15-/m1/s1. The van der Waals surface area contributed by atoms with Crippen molar-refractivity contribution >= 4 is 21.9 Å². The largest absolute Gasteiger partial charge is 0.452 e. The predicted molar refractivity (Wildman–Crippen MR) is 110 cm³/mol. The molecule has 1 N–H and O–H groups in total. The van der Waals surface area contributed by atoms with E-state index in [0.29, 0.717) is 18.7 Å². The minimum Gasteiger partial charge on any atom is -0.452 e. The highest BCUT2D eigenvalue weighted by Gasteiger charge is 2.23. The van der Waals surface area contributed by atoms with Gasteiger partial charge in [-0.15, -0.1) is 0 Å². The molecule has 1 atom stereocenters. The molecule has 0 spiro atoms. The van der Waals surface area contributed by atoms with Gasteiger partial charge in [-0.1, -0.05) is 32.0 Å². The number of benzene rings is 2. The molecule has 30 heavy (non-hydrogen) atoms. The van der Waals surface area contributed by atoms with Crippen LogP contribution in [0.15, 0.2) is 53.4 Å². The van der Waals surface area contributed by atoms with Gasteiger partial charge in [0.1, 0.15) is 5.82 Å². The van der Waals surface area contributed by atoms with Crippen molar-refractivity contribution in [3.63, 3.8) is 0 Å². The maximum atomic E-state index is 13.0. The van der Waals surface area contributed by atoms with Gasteiger partial charge in [-0.2, -0.15) is 4.31 Å². The van der Waals surface area contributed by atoms with E-state index in [1.54, 1.807) is 32.9 Å². The lowest BCUT2D eigenvalue weighted by Gasteiger charge is -2.18. The second kappa shape index (κ2) is 10.3. The van der Waals surface area contributed by atoms with Crippen LogP contribution in [0.5, 0.6) is 0 Å². The molecule has 1 amide bonds. The van der Waals surface area contributed by atoms with Crippen LogP contribution in [0.3, 0.4) is 0 Å². The number of amides is 1. The van der Waals surface area contributed by atoms with Gasteiger partial charge in [0, 0.05) is 13.1 Å². The summed E-state index contributed by atoms with van der Waals surface area (Å²) in [5, 5.41) is 2.65. The summed E-state index contributed by atoms with van der Waals surface area (Å²) in [5.41, 5.74) is 0.730. The Morgan fingerprint density at radius 2 is 1.73 bits per heavy atom. The average Bonchev–Trinajstić information content (AvgIpc) is 2.73. The highest BCUT2D eigenvalue weighted by atomic mass is 32.2. The van der Waals surface area contributed by atoms with Gasteiger partial charge in [-0.05, 0) is 42.8 Å². The molecule has 0 aromatic heterocycles. The SMILES string of the molecule is CCN(CC)S(=O)(=O)c1cccc(C(=O)OCC(=O)N[C@H](C)c2ccc(F)cc2)c1. The average molecular weight is 437 g/mol. The monoisotopic (exact) mass is 436 g/mol. The number of rotatable bonds is 9. The Kier molecular flexibility index (Phi) is 8.08. The Hall–Kier alpha value is -2.78. The summed E-state index contributed by atoms with van der Waals surface area (Å²) in [7, 11) is -3.72. The van der Waals surface area contributed by atoms with Crippen LogP contribution < -0.4 is 5.32 Å². The Morgan fingerprint density at radius 1 is 1.10 bits per heavy atom. The summed E-state index contributed by atoms with van der Waals surface area (Å²) in [6.45, 7) is 5.25. The number of hydrogen-bond acceptors (Lipinski definition) is 5. The van der Waals surface area contributed by atoms with Crippen molar-refractivity contribution in [3.05, 3.63) is 65.5 Å². The van der Waals surface area contributed by atoms with Crippen LogP contribution in [0.2, 0.25) is 0 Å². The van der Waals surface area contributed by atoms with Gasteiger partial charge in [0.05, 0.1) is 16.5 Å². The molecule has 0 aliphatic heterocycles. The van der Waals surface area contributed by atoms with Gasteiger partial charge in [0.25, 0.3) is 5.91 Å². The first kappa shape index (κ1) is 23.5. The third-order valence-electron chi connectivity index (χ3n) is 4.49. The van der Waals surface area contributed by atoms with Crippen molar-refractivity contribution in [1.82, 2.24) is 9.62 Å². The number of carbonyl (C=O) groups excluding carboxylic acids is 2. The van der Waals surface area contributed by atoms with E-state index >= 15 is 0 Å². The number of hydrogen-bond donors (Lipinski definition) is 1. The molecular weight excluding hydrogens is 411 g/mol. The Morgan fingerprint density at radius 3 is 2.33 bits per heavy atom. The summed E-state index contributed by atoms with van der Waals surface area (Å²) in [4.78, 5) is 24.3. The lowest BCUT2D eigenvalue weighted by atomic mass is 10.1. The summed E-state index contributed by atoms with van der Waals surface area (Å²) in [6, 6.07) is 10.8. The van der Waals surface area contributed by atoms with Crippen molar-refractivity contribution in [1.29, 1.82) is 0 Å². The zero-order chi connectivity index (χ0) is 22.3. The van der Waals surface area contributed by atoms with Gasteiger partial charge in [-0.3, -0.25) is 4.79 Å². The fraction of sp³-hybridized carbons (Fsp3) is 0.333. The van der Waals surface area contributed by atoms with Crippen molar-refractivity contribution in [3.8, 4) is 0 Å². The minimum atomic E-state index is -3.72. The lowest BCUT2D eigenvalue weighted by molar-refractivity contribution is -0.124. The summed E-state index contributed by atoms with van der Waals surface area (Å²) in [6.07, 6.45) is 0. The van der Waals surface area contributed by atoms with E-state index in [4.69, 9.17) is 4.74 Å². The molecular formula is C21H25FN2O5S. The fourth-order valence-corrected chi connectivity index (χ4v) is 4.33. The molecule has 0 unspecified atom stereocenters. The first-order valence-electron chi connectivity index (χ1n) is 9.51. The minimum absolute atomic E-state index is 0.0185. The Labute approximate surface area is 175 Å². The number of ether oxygens (including phenoxy) is 1. The van der Waals surface area contributed by atoms with Gasteiger partial charge in [0.15, 0.2) is 6.61 Å². The number of carbonyl (C=O) groups is 2. The highest BCUT2D eigenvalue weighted by molar-refractivity contribution is 7.89. The Bertz CT molecular complexity index is 989. The van der Waals surface area contributed by atoms with Crippen molar-refractivity contribution in [2.75, 3.05) is 19.7 Å². The van der Waals surface area contributed by atoms with Crippen molar-refractivity contribution < 1.29 is 27.1 Å². The van der Waals surface area contributed by atoms with E-state index in [9.17, 15) is 22.4 Å². The fourth-order valence-electron chi connectivity index (χ4n) is 2.83. The maximum Gasteiger partial charge on any atom is 0.338 e. The molecule has 0 aliphatic rings. The molecule has 7 nitrogen and oxygen atoms in total. The van der Waals surface area contributed by atoms with Crippen LogP contribution in [0.4, 0.5) is 4.39 Å². The zero-order valence-corrected chi connectivity index (χ0v) is 17.9. The van der Waals surface area contributed by atoms with Gasteiger partial charge >= 0.3 is 5.97 Å². The number of nitrogens with one attached hydrogen (secondary N) is 1.